The number of Topliss-reactive ketones (excluding diaryl/α,β-unsaturated/α-hetero) is 1. The number of ether oxygens (including phenoxy) is 5. The van der Waals surface area contributed by atoms with Gasteiger partial charge in [0, 0.05) is 29.2 Å². The van der Waals surface area contributed by atoms with Gasteiger partial charge in [-0.1, -0.05) is 29.8 Å². The maximum Gasteiger partial charge on any atom is 0.231 e. The van der Waals surface area contributed by atoms with E-state index in [0.717, 1.165) is 27.5 Å². The number of carbonyl (C=O) groups excluding carboxylic acids is 1. The molecule has 0 aliphatic carbocycles. The predicted molar refractivity (Wildman–Crippen MR) is 136 cm³/mol. The largest absolute Gasteiger partial charge is 0.493 e. The van der Waals surface area contributed by atoms with Crippen molar-refractivity contribution in [3.05, 3.63) is 81.1 Å². The molecular formula is C28H26ClNO6. The molecule has 0 bridgehead atoms. The number of fused-ring (bicyclic) bond motifs is 2. The lowest BCUT2D eigenvalue weighted by Gasteiger charge is -2.30. The highest BCUT2D eigenvalue weighted by molar-refractivity contribution is 6.31. The van der Waals surface area contributed by atoms with Gasteiger partial charge in [-0.2, -0.15) is 0 Å². The fourth-order valence-electron chi connectivity index (χ4n) is 4.60. The van der Waals surface area contributed by atoms with Crippen molar-refractivity contribution in [1.29, 1.82) is 0 Å². The third kappa shape index (κ3) is 4.25. The van der Waals surface area contributed by atoms with Crippen LogP contribution >= 0.6 is 11.6 Å². The van der Waals surface area contributed by atoms with Gasteiger partial charge in [0.15, 0.2) is 17.3 Å². The Labute approximate surface area is 214 Å². The van der Waals surface area contributed by atoms with Crippen LogP contribution in [0.2, 0.25) is 5.02 Å². The van der Waals surface area contributed by atoms with Gasteiger partial charge in [0.1, 0.15) is 18.2 Å². The Morgan fingerprint density at radius 3 is 2.42 bits per heavy atom. The van der Waals surface area contributed by atoms with Crippen LogP contribution in [0.25, 0.3) is 6.08 Å². The minimum atomic E-state index is -0.187. The number of hydrogen-bond acceptors (Lipinski definition) is 7. The molecule has 0 N–H and O–H groups in total. The van der Waals surface area contributed by atoms with Gasteiger partial charge in [-0.3, -0.25) is 9.69 Å². The molecule has 2 heterocycles. The molecule has 36 heavy (non-hydrogen) atoms. The molecule has 0 spiro atoms. The van der Waals surface area contributed by atoms with Crippen molar-refractivity contribution in [3.8, 4) is 28.7 Å². The van der Waals surface area contributed by atoms with Crippen LogP contribution in [0.4, 0.5) is 0 Å². The molecular weight excluding hydrogens is 482 g/mol. The van der Waals surface area contributed by atoms with Gasteiger partial charge in [-0.25, -0.2) is 0 Å². The van der Waals surface area contributed by atoms with Crippen LogP contribution in [-0.2, 0) is 13.1 Å². The minimum absolute atomic E-state index is 0.187. The maximum absolute atomic E-state index is 13.3. The first kappa shape index (κ1) is 24.0. The molecule has 0 fully saturated rings. The summed E-state index contributed by atoms with van der Waals surface area (Å²) in [5.74, 6) is 2.77. The average molecular weight is 508 g/mol. The van der Waals surface area contributed by atoms with Crippen LogP contribution < -0.4 is 23.7 Å². The average Bonchev–Trinajstić information content (AvgIpc) is 3.20. The zero-order valence-corrected chi connectivity index (χ0v) is 21.3. The van der Waals surface area contributed by atoms with Gasteiger partial charge >= 0.3 is 0 Å². The highest BCUT2D eigenvalue weighted by Crippen LogP contribution is 2.44. The van der Waals surface area contributed by atoms with Crippen LogP contribution in [-0.4, -0.2) is 38.7 Å². The lowest BCUT2D eigenvalue weighted by molar-refractivity contribution is 0.0877. The Bertz CT molecular complexity index is 1360. The summed E-state index contributed by atoms with van der Waals surface area (Å²) in [6.45, 7) is 3.61. The molecule has 0 aromatic heterocycles. The van der Waals surface area contributed by atoms with Gasteiger partial charge in [0.25, 0.3) is 0 Å². The number of carbonyl (C=O) groups is 1. The lowest BCUT2D eigenvalue weighted by atomic mass is 9.99. The van der Waals surface area contributed by atoms with E-state index in [1.165, 1.54) is 0 Å². The number of methoxy groups -OCH3 is 3. The van der Waals surface area contributed by atoms with Crippen LogP contribution in [0, 0.1) is 6.92 Å². The van der Waals surface area contributed by atoms with E-state index in [9.17, 15) is 4.79 Å². The van der Waals surface area contributed by atoms with Crippen LogP contribution in [0.5, 0.6) is 28.7 Å². The summed E-state index contributed by atoms with van der Waals surface area (Å²) >= 11 is 6.34. The van der Waals surface area contributed by atoms with Crippen molar-refractivity contribution < 1.29 is 28.5 Å². The molecule has 3 aromatic carbocycles. The number of hydrogen-bond donors (Lipinski definition) is 0. The van der Waals surface area contributed by atoms with Crippen molar-refractivity contribution in [1.82, 2.24) is 4.90 Å². The Kier molecular flexibility index (Phi) is 6.51. The highest BCUT2D eigenvalue weighted by Gasteiger charge is 2.34. The van der Waals surface area contributed by atoms with Crippen molar-refractivity contribution in [2.75, 3.05) is 28.1 Å². The number of ketones is 1. The fourth-order valence-corrected chi connectivity index (χ4v) is 4.80. The first-order chi connectivity index (χ1) is 17.4. The summed E-state index contributed by atoms with van der Waals surface area (Å²) in [6.07, 6.45) is 1.68. The molecule has 0 atom stereocenters. The van der Waals surface area contributed by atoms with Crippen molar-refractivity contribution in [2.45, 2.75) is 20.0 Å². The SMILES string of the molecule is COc1cc(/C=C2\Oc3c(cc4c(c3C)OCN(Cc3ccccc3Cl)C4)C2=O)cc(OC)c1OC. The summed E-state index contributed by atoms with van der Waals surface area (Å²) in [6, 6.07) is 13.2. The van der Waals surface area contributed by atoms with E-state index in [0.29, 0.717) is 53.9 Å². The molecule has 0 saturated heterocycles. The molecule has 0 saturated carbocycles. The first-order valence-electron chi connectivity index (χ1n) is 11.4. The third-order valence-corrected chi connectivity index (χ3v) is 6.71. The second-order valence-electron chi connectivity index (χ2n) is 8.62. The van der Waals surface area contributed by atoms with E-state index in [4.69, 9.17) is 35.3 Å². The van der Waals surface area contributed by atoms with Gasteiger partial charge < -0.3 is 23.7 Å². The summed E-state index contributed by atoms with van der Waals surface area (Å²) in [5, 5.41) is 0.721. The molecule has 0 unspecified atom stereocenters. The molecule has 7 nitrogen and oxygen atoms in total. The normalized spacial score (nSPS) is 15.7. The van der Waals surface area contributed by atoms with Crippen LogP contribution in [0.3, 0.4) is 0 Å². The number of allylic oxidation sites excluding steroid dienone is 1. The number of halogens is 1. The van der Waals surface area contributed by atoms with E-state index in [1.807, 2.05) is 37.3 Å². The number of nitrogens with zero attached hydrogens (tertiary/aromatic N) is 1. The second-order valence-corrected chi connectivity index (χ2v) is 9.02. The number of benzene rings is 3. The van der Waals surface area contributed by atoms with E-state index in [1.54, 1.807) is 39.5 Å². The molecule has 186 valence electrons. The zero-order chi connectivity index (χ0) is 25.4. The van der Waals surface area contributed by atoms with E-state index < -0.39 is 0 Å². The topological polar surface area (TPSA) is 66.5 Å². The summed E-state index contributed by atoms with van der Waals surface area (Å²) < 4.78 is 28.4. The smallest absolute Gasteiger partial charge is 0.231 e. The van der Waals surface area contributed by atoms with Crippen LogP contribution in [0.1, 0.15) is 32.6 Å². The van der Waals surface area contributed by atoms with Gasteiger partial charge in [0.2, 0.25) is 11.5 Å². The maximum atomic E-state index is 13.3. The van der Waals surface area contributed by atoms with E-state index in [-0.39, 0.29) is 11.5 Å². The predicted octanol–water partition coefficient (Wildman–Crippen LogP) is 5.64. The minimum Gasteiger partial charge on any atom is -0.493 e. The molecule has 2 aliphatic heterocycles. The highest BCUT2D eigenvalue weighted by atomic mass is 35.5. The summed E-state index contributed by atoms with van der Waals surface area (Å²) in [5.41, 5.74) is 3.98. The molecule has 2 aliphatic rings. The van der Waals surface area contributed by atoms with Crippen molar-refractivity contribution in [3.63, 3.8) is 0 Å². The zero-order valence-electron chi connectivity index (χ0n) is 20.5. The molecule has 0 radical (unpaired) electrons. The molecule has 8 heteroatoms. The quantitative estimate of drug-likeness (QED) is 0.400. The van der Waals surface area contributed by atoms with Crippen molar-refractivity contribution in [2.24, 2.45) is 0 Å². The molecule has 5 rings (SSSR count). The van der Waals surface area contributed by atoms with Gasteiger partial charge in [-0.15, -0.1) is 0 Å². The first-order valence-corrected chi connectivity index (χ1v) is 11.8. The van der Waals surface area contributed by atoms with Crippen LogP contribution in [0.15, 0.2) is 48.2 Å². The number of rotatable bonds is 6. The summed E-state index contributed by atoms with van der Waals surface area (Å²) in [4.78, 5) is 15.5. The lowest BCUT2D eigenvalue weighted by Crippen LogP contribution is -2.32. The second kappa shape index (κ2) is 9.76. The summed E-state index contributed by atoms with van der Waals surface area (Å²) in [7, 11) is 4.63. The van der Waals surface area contributed by atoms with Crippen molar-refractivity contribution >= 4 is 23.5 Å². The van der Waals surface area contributed by atoms with E-state index >= 15 is 0 Å². The Morgan fingerprint density at radius 2 is 1.75 bits per heavy atom. The monoisotopic (exact) mass is 507 g/mol. The molecule has 3 aromatic rings. The fraction of sp³-hybridized carbons (Fsp3) is 0.250. The van der Waals surface area contributed by atoms with Gasteiger partial charge in [0.05, 0.1) is 26.9 Å². The standard InChI is InChI=1S/C28H26ClNO6/c1-16-26-19(14-30(15-35-26)13-18-7-5-6-8-21(18)29)12-20-25(31)22(36-27(16)20)9-17-10-23(32-2)28(34-4)24(11-17)33-3/h5-12H,13-15H2,1-4H3/b22-9-. The third-order valence-electron chi connectivity index (χ3n) is 6.34. The van der Waals surface area contributed by atoms with Gasteiger partial charge in [-0.05, 0) is 48.4 Å². The Hall–Kier alpha value is -3.68. The van der Waals surface area contributed by atoms with E-state index in [2.05, 4.69) is 4.90 Å². The molecule has 0 amide bonds. The Balaban J connectivity index is 1.44. The Morgan fingerprint density at radius 1 is 1.03 bits per heavy atom.